The average Bonchev–Trinajstić information content (AvgIpc) is 2.27. The molecule has 0 radical (unpaired) electrons. The third-order valence-electron chi connectivity index (χ3n) is 2.87. The maximum Gasteiger partial charge on any atom is 0.0702 e. The normalized spacial score (nSPS) is 11.6. The number of anilines is 1. The number of aliphatic hydroxyl groups excluding tert-OH is 2. The molecule has 90 valence electrons. The van der Waals surface area contributed by atoms with Crippen LogP contribution in [0.4, 0.5) is 5.69 Å². The van der Waals surface area contributed by atoms with Crippen molar-refractivity contribution >= 4 is 17.3 Å². The summed E-state index contributed by atoms with van der Waals surface area (Å²) in [5.41, 5.74) is 1.11. The van der Waals surface area contributed by atoms with E-state index in [1.807, 2.05) is 31.9 Å². The van der Waals surface area contributed by atoms with E-state index in [9.17, 15) is 10.2 Å². The van der Waals surface area contributed by atoms with Gasteiger partial charge in [0.1, 0.15) is 0 Å². The van der Waals surface area contributed by atoms with Crippen LogP contribution in [0.3, 0.4) is 0 Å². The highest BCUT2D eigenvalue weighted by Crippen LogP contribution is 2.33. The summed E-state index contributed by atoms with van der Waals surface area (Å²) in [4.78, 5) is 1.89. The van der Waals surface area contributed by atoms with Crippen LogP contribution in [-0.4, -0.2) is 29.4 Å². The summed E-state index contributed by atoms with van der Waals surface area (Å²) >= 11 is 6.13. The smallest absolute Gasteiger partial charge is 0.0702 e. The Hall–Kier alpha value is -0.770. The van der Waals surface area contributed by atoms with E-state index in [0.29, 0.717) is 5.02 Å². The zero-order chi connectivity index (χ0) is 12.3. The van der Waals surface area contributed by atoms with E-state index in [0.717, 1.165) is 11.3 Å². The summed E-state index contributed by atoms with van der Waals surface area (Å²) in [5.74, 6) is 0. The number of rotatable bonds is 4. The summed E-state index contributed by atoms with van der Waals surface area (Å²) < 4.78 is 0. The molecule has 2 N–H and O–H groups in total. The fourth-order valence-corrected chi connectivity index (χ4v) is 1.79. The lowest BCUT2D eigenvalue weighted by Crippen LogP contribution is -2.45. The molecule has 0 bridgehead atoms. The van der Waals surface area contributed by atoms with Gasteiger partial charge in [0.15, 0.2) is 0 Å². The lowest BCUT2D eigenvalue weighted by atomic mass is 10.0. The summed E-state index contributed by atoms with van der Waals surface area (Å²) in [5, 5.41) is 19.2. The Morgan fingerprint density at radius 1 is 1.31 bits per heavy atom. The molecule has 0 fully saturated rings. The highest BCUT2D eigenvalue weighted by molar-refractivity contribution is 6.33. The lowest BCUT2D eigenvalue weighted by Gasteiger charge is -2.37. The number of aliphatic hydroxyl groups is 2. The molecule has 0 unspecified atom stereocenters. The Balaban J connectivity index is 3.21. The molecule has 1 rings (SSSR count). The van der Waals surface area contributed by atoms with Crippen molar-refractivity contribution < 1.29 is 10.2 Å². The summed E-state index contributed by atoms with van der Waals surface area (Å²) in [6, 6.07) is 5.41. The molecule has 0 saturated carbocycles. The Morgan fingerprint density at radius 3 is 2.44 bits per heavy atom. The standard InChI is InChI=1S/C12H18ClNO2/c1-12(2,8-16)14(3)11-9(7-15)5-4-6-10(11)13/h4-6,15-16H,7-8H2,1-3H3. The van der Waals surface area contributed by atoms with Crippen molar-refractivity contribution in [1.82, 2.24) is 0 Å². The predicted molar refractivity (Wildman–Crippen MR) is 66.9 cm³/mol. The second kappa shape index (κ2) is 5.04. The molecule has 1 aromatic carbocycles. The van der Waals surface area contributed by atoms with Crippen LogP contribution in [-0.2, 0) is 6.61 Å². The molecule has 0 aliphatic carbocycles. The molecular weight excluding hydrogens is 226 g/mol. The molecule has 1 aromatic rings. The maximum atomic E-state index is 9.33. The Morgan fingerprint density at radius 2 is 1.94 bits per heavy atom. The number of hydrogen-bond acceptors (Lipinski definition) is 3. The Kier molecular flexibility index (Phi) is 4.19. The summed E-state index contributed by atoms with van der Waals surface area (Å²) in [7, 11) is 1.86. The number of likely N-dealkylation sites (N-methyl/N-ethyl adjacent to an activating group) is 1. The number of hydrogen-bond donors (Lipinski definition) is 2. The van der Waals surface area contributed by atoms with Crippen molar-refractivity contribution in [3.63, 3.8) is 0 Å². The molecule has 0 aliphatic heterocycles. The number of nitrogens with zero attached hydrogens (tertiary/aromatic N) is 1. The minimum absolute atomic E-state index is 0.0135. The van der Waals surface area contributed by atoms with Gasteiger partial charge in [0.05, 0.1) is 29.5 Å². The van der Waals surface area contributed by atoms with Gasteiger partial charge in [0, 0.05) is 12.6 Å². The van der Waals surface area contributed by atoms with Gasteiger partial charge < -0.3 is 15.1 Å². The highest BCUT2D eigenvalue weighted by Gasteiger charge is 2.25. The quantitative estimate of drug-likeness (QED) is 0.851. The van der Waals surface area contributed by atoms with Crippen LogP contribution in [0.1, 0.15) is 19.4 Å². The van der Waals surface area contributed by atoms with Crippen LogP contribution in [0, 0.1) is 0 Å². The van der Waals surface area contributed by atoms with Gasteiger partial charge in [-0.15, -0.1) is 0 Å². The van der Waals surface area contributed by atoms with E-state index in [2.05, 4.69) is 0 Å². The molecule has 3 nitrogen and oxygen atoms in total. The first kappa shape index (κ1) is 13.3. The van der Waals surface area contributed by atoms with Crippen LogP contribution < -0.4 is 4.90 Å². The van der Waals surface area contributed by atoms with E-state index in [-0.39, 0.29) is 13.2 Å². The molecule has 0 saturated heterocycles. The topological polar surface area (TPSA) is 43.7 Å². The van der Waals surface area contributed by atoms with Gasteiger partial charge in [0.25, 0.3) is 0 Å². The molecule has 16 heavy (non-hydrogen) atoms. The Labute approximate surface area is 101 Å². The average molecular weight is 244 g/mol. The zero-order valence-corrected chi connectivity index (χ0v) is 10.6. The van der Waals surface area contributed by atoms with Crippen LogP contribution in [0.5, 0.6) is 0 Å². The van der Waals surface area contributed by atoms with E-state index >= 15 is 0 Å². The molecule has 0 aromatic heterocycles. The Bertz CT molecular complexity index is 366. The molecule has 0 spiro atoms. The van der Waals surface area contributed by atoms with E-state index in [4.69, 9.17) is 11.6 Å². The first-order valence-electron chi connectivity index (χ1n) is 5.17. The largest absolute Gasteiger partial charge is 0.394 e. The summed E-state index contributed by atoms with van der Waals surface area (Å²) in [6.07, 6.45) is 0. The van der Waals surface area contributed by atoms with Gasteiger partial charge in [-0.05, 0) is 19.9 Å². The maximum absolute atomic E-state index is 9.33. The van der Waals surface area contributed by atoms with Crippen molar-refractivity contribution in [1.29, 1.82) is 0 Å². The third-order valence-corrected chi connectivity index (χ3v) is 3.18. The van der Waals surface area contributed by atoms with Crippen molar-refractivity contribution in [3.05, 3.63) is 28.8 Å². The highest BCUT2D eigenvalue weighted by atomic mass is 35.5. The second-order valence-corrected chi connectivity index (χ2v) is 4.84. The van der Waals surface area contributed by atoms with Gasteiger partial charge in [0.2, 0.25) is 0 Å². The first-order chi connectivity index (χ1) is 7.44. The van der Waals surface area contributed by atoms with Crippen LogP contribution in [0.15, 0.2) is 18.2 Å². The molecular formula is C12H18ClNO2. The molecule has 4 heteroatoms. The van der Waals surface area contributed by atoms with Gasteiger partial charge in [-0.2, -0.15) is 0 Å². The van der Waals surface area contributed by atoms with E-state index < -0.39 is 5.54 Å². The predicted octanol–water partition coefficient (Wildman–Crippen LogP) is 2.04. The summed E-state index contributed by atoms with van der Waals surface area (Å²) in [6.45, 7) is 3.77. The van der Waals surface area contributed by atoms with Crippen molar-refractivity contribution in [2.45, 2.75) is 26.0 Å². The monoisotopic (exact) mass is 243 g/mol. The van der Waals surface area contributed by atoms with Crippen LogP contribution in [0.25, 0.3) is 0 Å². The second-order valence-electron chi connectivity index (χ2n) is 4.44. The number of benzene rings is 1. The van der Waals surface area contributed by atoms with Gasteiger partial charge in [-0.3, -0.25) is 0 Å². The number of para-hydroxylation sites is 1. The fourth-order valence-electron chi connectivity index (χ4n) is 1.47. The molecule has 0 amide bonds. The zero-order valence-electron chi connectivity index (χ0n) is 9.87. The minimum Gasteiger partial charge on any atom is -0.394 e. The number of halogens is 1. The van der Waals surface area contributed by atoms with Gasteiger partial charge in [-0.25, -0.2) is 0 Å². The fraction of sp³-hybridized carbons (Fsp3) is 0.500. The molecule has 0 heterocycles. The van der Waals surface area contributed by atoms with E-state index in [1.54, 1.807) is 12.1 Å². The van der Waals surface area contributed by atoms with Gasteiger partial charge >= 0.3 is 0 Å². The SMILES string of the molecule is CN(c1c(Cl)cccc1CO)C(C)(C)CO. The molecule has 0 aliphatic rings. The third kappa shape index (κ3) is 2.48. The molecule has 0 atom stereocenters. The first-order valence-corrected chi connectivity index (χ1v) is 5.54. The van der Waals surface area contributed by atoms with Crippen molar-refractivity contribution in [2.24, 2.45) is 0 Å². The van der Waals surface area contributed by atoms with Gasteiger partial charge in [-0.1, -0.05) is 23.7 Å². The van der Waals surface area contributed by atoms with Crippen molar-refractivity contribution in [2.75, 3.05) is 18.6 Å². The minimum atomic E-state index is -0.422. The lowest BCUT2D eigenvalue weighted by molar-refractivity contribution is 0.215. The van der Waals surface area contributed by atoms with E-state index in [1.165, 1.54) is 0 Å². The van der Waals surface area contributed by atoms with Crippen LogP contribution >= 0.6 is 11.6 Å². The van der Waals surface area contributed by atoms with Crippen molar-refractivity contribution in [3.8, 4) is 0 Å². The van der Waals surface area contributed by atoms with Crippen LogP contribution in [0.2, 0.25) is 5.02 Å².